The minimum atomic E-state index is -0.149. The molecule has 0 bridgehead atoms. The molecule has 1 heterocycles. The summed E-state index contributed by atoms with van der Waals surface area (Å²) >= 11 is 1.47. The number of carbonyl (C=O) groups is 1. The highest BCUT2D eigenvalue weighted by molar-refractivity contribution is 7.98. The van der Waals surface area contributed by atoms with Crippen molar-refractivity contribution in [2.45, 2.75) is 51.6 Å². The summed E-state index contributed by atoms with van der Waals surface area (Å²) in [6, 6.07) is 7.64. The van der Waals surface area contributed by atoms with Crippen molar-refractivity contribution >= 4 is 17.7 Å². The number of thioether (sulfide) groups is 1. The molecule has 0 aliphatic heterocycles. The van der Waals surface area contributed by atoms with Crippen molar-refractivity contribution in [1.82, 2.24) is 15.3 Å². The molecular formula is C20H27N3O2S. The van der Waals surface area contributed by atoms with E-state index < -0.39 is 0 Å². The molecule has 0 fully saturated rings. The van der Waals surface area contributed by atoms with Crippen molar-refractivity contribution in [2.75, 3.05) is 12.9 Å². The summed E-state index contributed by atoms with van der Waals surface area (Å²) in [5, 5.41) is 3.78. The lowest BCUT2D eigenvalue weighted by Gasteiger charge is -2.18. The Morgan fingerprint density at radius 3 is 2.38 bits per heavy atom. The van der Waals surface area contributed by atoms with Crippen LogP contribution in [0.1, 0.15) is 67.1 Å². The van der Waals surface area contributed by atoms with E-state index in [1.54, 1.807) is 0 Å². The normalized spacial score (nSPS) is 12.1. The van der Waals surface area contributed by atoms with E-state index in [2.05, 4.69) is 15.3 Å². The molecule has 0 radical (unpaired) electrons. The van der Waals surface area contributed by atoms with Gasteiger partial charge < -0.3 is 10.1 Å². The first-order valence-electron chi connectivity index (χ1n) is 8.83. The molecule has 2 aromatic rings. The van der Waals surface area contributed by atoms with Gasteiger partial charge in [0.2, 0.25) is 0 Å². The van der Waals surface area contributed by atoms with Crippen LogP contribution < -0.4 is 10.1 Å². The number of hydrogen-bond acceptors (Lipinski definition) is 5. The lowest BCUT2D eigenvalue weighted by molar-refractivity contribution is 0.0935. The van der Waals surface area contributed by atoms with Crippen molar-refractivity contribution in [2.24, 2.45) is 0 Å². The van der Waals surface area contributed by atoms with Crippen LogP contribution in [0, 0.1) is 6.92 Å². The zero-order valence-electron chi connectivity index (χ0n) is 16.3. The van der Waals surface area contributed by atoms with Gasteiger partial charge >= 0.3 is 0 Å². The SMILES string of the molecule is CCOc1ccc(C(C)NC(=O)c2c(C)nc(C(C)C)nc2SC)cc1. The Labute approximate surface area is 160 Å². The number of carbonyl (C=O) groups excluding carboxylic acids is 1. The standard InChI is InChI=1S/C20H27N3O2S/c1-7-25-16-10-8-15(9-11-16)13(4)22-19(24)17-14(5)21-18(12(2)3)23-20(17)26-6/h8-13H,7H2,1-6H3,(H,22,24). The van der Waals surface area contributed by atoms with Crippen molar-refractivity contribution in [3.63, 3.8) is 0 Å². The van der Waals surface area contributed by atoms with Crippen molar-refractivity contribution in [3.8, 4) is 5.75 Å². The summed E-state index contributed by atoms with van der Waals surface area (Å²) < 4.78 is 5.46. The lowest BCUT2D eigenvalue weighted by atomic mass is 10.1. The Hall–Kier alpha value is -2.08. The lowest BCUT2D eigenvalue weighted by Crippen LogP contribution is -2.28. The van der Waals surface area contributed by atoms with Crippen molar-refractivity contribution in [3.05, 3.63) is 46.9 Å². The first-order valence-corrected chi connectivity index (χ1v) is 10.1. The van der Waals surface area contributed by atoms with Crippen LogP contribution in [0.4, 0.5) is 0 Å². The van der Waals surface area contributed by atoms with Gasteiger partial charge in [-0.25, -0.2) is 9.97 Å². The molecule has 140 valence electrons. The zero-order chi connectivity index (χ0) is 19.3. The first kappa shape index (κ1) is 20.2. The molecule has 0 spiro atoms. The predicted molar refractivity (Wildman–Crippen MR) is 106 cm³/mol. The van der Waals surface area contributed by atoms with Crippen LogP contribution in [-0.4, -0.2) is 28.7 Å². The summed E-state index contributed by atoms with van der Waals surface area (Å²) in [6.07, 6.45) is 1.93. The number of ether oxygens (including phenoxy) is 1. The van der Waals surface area contributed by atoms with Crippen molar-refractivity contribution < 1.29 is 9.53 Å². The van der Waals surface area contributed by atoms with Crippen LogP contribution >= 0.6 is 11.8 Å². The Balaban J connectivity index is 2.21. The molecule has 0 saturated carbocycles. The van der Waals surface area contributed by atoms with Crippen molar-refractivity contribution in [1.29, 1.82) is 0 Å². The third kappa shape index (κ3) is 4.75. The largest absolute Gasteiger partial charge is 0.494 e. The maximum absolute atomic E-state index is 12.9. The molecule has 0 saturated heterocycles. The molecule has 6 heteroatoms. The highest BCUT2D eigenvalue weighted by atomic mass is 32.2. The highest BCUT2D eigenvalue weighted by Crippen LogP contribution is 2.24. The number of aryl methyl sites for hydroxylation is 1. The third-order valence-electron chi connectivity index (χ3n) is 4.05. The molecule has 0 aliphatic carbocycles. The fourth-order valence-corrected chi connectivity index (χ4v) is 3.24. The molecule has 0 aliphatic rings. The van der Waals surface area contributed by atoms with E-state index in [0.29, 0.717) is 17.9 Å². The Bertz CT molecular complexity index is 760. The number of hydrogen-bond donors (Lipinski definition) is 1. The monoisotopic (exact) mass is 373 g/mol. The predicted octanol–water partition coefficient (Wildman–Crippen LogP) is 4.52. The van der Waals surface area contributed by atoms with Gasteiger partial charge in [0.15, 0.2) is 0 Å². The fourth-order valence-electron chi connectivity index (χ4n) is 2.61. The minimum absolute atomic E-state index is 0.128. The summed E-state index contributed by atoms with van der Waals surface area (Å²) in [7, 11) is 0. The van der Waals surface area contributed by atoms with Crippen LogP contribution in [-0.2, 0) is 0 Å². The Morgan fingerprint density at radius 1 is 1.19 bits per heavy atom. The molecule has 1 aromatic heterocycles. The summed E-state index contributed by atoms with van der Waals surface area (Å²) in [4.78, 5) is 21.9. The average Bonchev–Trinajstić information content (AvgIpc) is 2.61. The Morgan fingerprint density at radius 2 is 1.85 bits per heavy atom. The molecule has 2 rings (SSSR count). The van der Waals surface area contributed by atoms with Gasteiger partial charge in [0.25, 0.3) is 5.91 Å². The van der Waals surface area contributed by atoms with Gasteiger partial charge in [0.1, 0.15) is 16.6 Å². The van der Waals surface area contributed by atoms with Gasteiger partial charge in [-0.15, -0.1) is 11.8 Å². The summed E-state index contributed by atoms with van der Waals surface area (Å²) in [5.41, 5.74) is 2.29. The van der Waals surface area contributed by atoms with E-state index in [-0.39, 0.29) is 17.9 Å². The van der Waals surface area contributed by atoms with E-state index in [1.165, 1.54) is 11.8 Å². The van der Waals surface area contributed by atoms with Crippen LogP contribution in [0.3, 0.4) is 0 Å². The van der Waals surface area contributed by atoms with Gasteiger partial charge in [-0.1, -0.05) is 26.0 Å². The summed E-state index contributed by atoms with van der Waals surface area (Å²) in [6.45, 7) is 10.5. The molecule has 1 atom stereocenters. The number of benzene rings is 1. The van der Waals surface area contributed by atoms with Gasteiger partial charge in [0.05, 0.1) is 23.9 Å². The average molecular weight is 374 g/mol. The van der Waals surface area contributed by atoms with Crippen LogP contribution in [0.5, 0.6) is 5.75 Å². The Kier molecular flexibility index (Phi) is 7.03. The van der Waals surface area contributed by atoms with E-state index in [1.807, 2.05) is 65.1 Å². The second-order valence-electron chi connectivity index (χ2n) is 6.40. The smallest absolute Gasteiger partial charge is 0.256 e. The van der Waals surface area contributed by atoms with Crippen LogP contribution in [0.25, 0.3) is 0 Å². The maximum Gasteiger partial charge on any atom is 0.256 e. The molecule has 26 heavy (non-hydrogen) atoms. The molecule has 1 amide bonds. The van der Waals surface area contributed by atoms with Gasteiger partial charge in [-0.3, -0.25) is 4.79 Å². The number of rotatable bonds is 7. The van der Waals surface area contributed by atoms with Gasteiger partial charge in [-0.05, 0) is 44.7 Å². The summed E-state index contributed by atoms with van der Waals surface area (Å²) in [5.74, 6) is 1.67. The van der Waals surface area contributed by atoms with E-state index >= 15 is 0 Å². The third-order valence-corrected chi connectivity index (χ3v) is 4.73. The maximum atomic E-state index is 12.9. The molecule has 1 N–H and O–H groups in total. The minimum Gasteiger partial charge on any atom is -0.494 e. The van der Waals surface area contributed by atoms with E-state index in [4.69, 9.17) is 4.74 Å². The second kappa shape index (κ2) is 9.03. The number of nitrogens with one attached hydrogen (secondary N) is 1. The highest BCUT2D eigenvalue weighted by Gasteiger charge is 2.21. The quantitative estimate of drug-likeness (QED) is 0.571. The molecule has 1 unspecified atom stereocenters. The van der Waals surface area contributed by atoms with E-state index in [0.717, 1.165) is 22.2 Å². The first-order chi connectivity index (χ1) is 12.4. The number of amides is 1. The van der Waals surface area contributed by atoms with E-state index in [9.17, 15) is 4.79 Å². The molecular weight excluding hydrogens is 346 g/mol. The van der Waals surface area contributed by atoms with Crippen LogP contribution in [0.15, 0.2) is 29.3 Å². The van der Waals surface area contributed by atoms with Gasteiger partial charge in [0, 0.05) is 5.92 Å². The second-order valence-corrected chi connectivity index (χ2v) is 7.20. The fraction of sp³-hybridized carbons (Fsp3) is 0.450. The number of nitrogens with zero attached hydrogens (tertiary/aromatic N) is 2. The molecule has 5 nitrogen and oxygen atoms in total. The molecule has 1 aromatic carbocycles. The topological polar surface area (TPSA) is 64.1 Å². The van der Waals surface area contributed by atoms with Gasteiger partial charge in [-0.2, -0.15) is 0 Å². The number of aromatic nitrogens is 2. The van der Waals surface area contributed by atoms with Crippen LogP contribution in [0.2, 0.25) is 0 Å². The zero-order valence-corrected chi connectivity index (χ0v) is 17.1.